The van der Waals surface area contributed by atoms with Gasteiger partial charge in [-0.1, -0.05) is 30.3 Å². The molecular weight excluding hydrogens is 295 g/mol. The van der Waals surface area contributed by atoms with Gasteiger partial charge in [0.2, 0.25) is 5.91 Å². The van der Waals surface area contributed by atoms with Crippen LogP contribution in [0.1, 0.15) is 18.4 Å². The predicted molar refractivity (Wildman–Crippen MR) is 76.9 cm³/mol. The van der Waals surface area contributed by atoms with Crippen molar-refractivity contribution < 1.29 is 23.1 Å². The maximum absolute atomic E-state index is 13.2. The van der Waals surface area contributed by atoms with E-state index in [1.165, 1.54) is 29.2 Å². The van der Waals surface area contributed by atoms with E-state index in [1.807, 2.05) is 0 Å². The molecule has 1 amide bonds. The lowest BCUT2D eigenvalue weighted by Gasteiger charge is -2.30. The fraction of sp³-hybridized carbons (Fsp3) is 0.438. The summed E-state index contributed by atoms with van der Waals surface area (Å²) < 4.78 is 39.5. The van der Waals surface area contributed by atoms with Gasteiger partial charge in [-0.25, -0.2) is 0 Å². The number of rotatable bonds is 3. The molecule has 0 aromatic heterocycles. The Morgan fingerprint density at radius 1 is 1.23 bits per heavy atom. The van der Waals surface area contributed by atoms with E-state index in [2.05, 4.69) is 0 Å². The SMILES string of the molecule is O=C(/C=C(/c1ccccc1)C(F)(F)F)N1CCC(CO)CC1. The van der Waals surface area contributed by atoms with Gasteiger partial charge in [-0.2, -0.15) is 13.2 Å². The number of aliphatic hydroxyl groups excluding tert-OH is 1. The molecule has 1 fully saturated rings. The number of hydrogen-bond acceptors (Lipinski definition) is 2. The van der Waals surface area contributed by atoms with Gasteiger partial charge in [0.15, 0.2) is 0 Å². The highest BCUT2D eigenvalue weighted by molar-refractivity contribution is 5.96. The molecule has 1 heterocycles. The van der Waals surface area contributed by atoms with E-state index in [0.717, 1.165) is 0 Å². The molecule has 120 valence electrons. The summed E-state index contributed by atoms with van der Waals surface area (Å²) in [6.45, 7) is 0.802. The van der Waals surface area contributed by atoms with E-state index in [1.54, 1.807) is 6.07 Å². The van der Waals surface area contributed by atoms with Crippen LogP contribution >= 0.6 is 0 Å². The van der Waals surface area contributed by atoms with E-state index in [9.17, 15) is 18.0 Å². The monoisotopic (exact) mass is 313 g/mol. The number of hydrogen-bond donors (Lipinski definition) is 1. The van der Waals surface area contributed by atoms with Gasteiger partial charge in [-0.15, -0.1) is 0 Å². The second kappa shape index (κ2) is 6.96. The number of allylic oxidation sites excluding steroid dienone is 1. The molecule has 0 saturated carbocycles. The van der Waals surface area contributed by atoms with Crippen LogP contribution in [0.3, 0.4) is 0 Å². The van der Waals surface area contributed by atoms with Gasteiger partial charge in [-0.05, 0) is 24.3 Å². The van der Waals surface area contributed by atoms with E-state index in [0.29, 0.717) is 32.0 Å². The van der Waals surface area contributed by atoms with Crippen molar-refractivity contribution in [1.82, 2.24) is 4.90 Å². The van der Waals surface area contributed by atoms with Crippen molar-refractivity contribution in [3.63, 3.8) is 0 Å². The number of carbonyl (C=O) groups excluding carboxylic acids is 1. The Bertz CT molecular complexity index is 532. The quantitative estimate of drug-likeness (QED) is 0.872. The number of nitrogens with zero attached hydrogens (tertiary/aromatic N) is 1. The average Bonchev–Trinajstić information content (AvgIpc) is 2.52. The first-order valence-corrected chi connectivity index (χ1v) is 7.16. The highest BCUT2D eigenvalue weighted by Crippen LogP contribution is 2.34. The van der Waals surface area contributed by atoms with Crippen LogP contribution in [0.4, 0.5) is 13.2 Å². The Kier molecular flexibility index (Phi) is 5.24. The summed E-state index contributed by atoms with van der Waals surface area (Å²) >= 11 is 0. The van der Waals surface area contributed by atoms with Gasteiger partial charge in [0.25, 0.3) is 0 Å². The van der Waals surface area contributed by atoms with Crippen LogP contribution in [0.2, 0.25) is 0 Å². The van der Waals surface area contributed by atoms with Crippen LogP contribution in [-0.4, -0.2) is 41.8 Å². The zero-order valence-corrected chi connectivity index (χ0v) is 12.0. The number of carbonyl (C=O) groups is 1. The molecule has 1 aliphatic heterocycles. The Labute approximate surface area is 127 Å². The molecule has 0 aliphatic carbocycles. The van der Waals surface area contributed by atoms with Crippen LogP contribution in [0.5, 0.6) is 0 Å². The molecule has 2 rings (SSSR count). The molecule has 22 heavy (non-hydrogen) atoms. The van der Waals surface area contributed by atoms with Crippen LogP contribution in [0.25, 0.3) is 5.57 Å². The molecule has 3 nitrogen and oxygen atoms in total. The summed E-state index contributed by atoms with van der Waals surface area (Å²) in [4.78, 5) is 13.5. The molecule has 1 aromatic rings. The third kappa shape index (κ3) is 4.10. The summed E-state index contributed by atoms with van der Waals surface area (Å²) in [6.07, 6.45) is -2.68. The Hall–Kier alpha value is -1.82. The molecule has 6 heteroatoms. The lowest BCUT2D eigenvalue weighted by atomic mass is 9.97. The fourth-order valence-corrected chi connectivity index (χ4v) is 2.50. The lowest BCUT2D eigenvalue weighted by molar-refractivity contribution is -0.128. The van der Waals surface area contributed by atoms with Gasteiger partial charge in [0, 0.05) is 25.8 Å². The van der Waals surface area contributed by atoms with Crippen LogP contribution in [0, 0.1) is 5.92 Å². The summed E-state index contributed by atoms with van der Waals surface area (Å²) in [5, 5.41) is 9.05. The highest BCUT2D eigenvalue weighted by Gasteiger charge is 2.36. The molecule has 0 atom stereocenters. The zero-order chi connectivity index (χ0) is 16.2. The zero-order valence-electron chi connectivity index (χ0n) is 12.0. The number of amides is 1. The number of alkyl halides is 3. The van der Waals surface area contributed by atoms with E-state index >= 15 is 0 Å². The van der Waals surface area contributed by atoms with Crippen molar-refractivity contribution in [3.8, 4) is 0 Å². The Morgan fingerprint density at radius 2 is 1.82 bits per heavy atom. The number of piperidine rings is 1. The molecule has 1 aromatic carbocycles. The number of benzene rings is 1. The number of likely N-dealkylation sites (tertiary alicyclic amines) is 1. The lowest BCUT2D eigenvalue weighted by Crippen LogP contribution is -2.38. The molecule has 0 spiro atoms. The molecule has 0 radical (unpaired) electrons. The van der Waals surface area contributed by atoms with E-state index in [-0.39, 0.29) is 18.1 Å². The summed E-state index contributed by atoms with van der Waals surface area (Å²) in [7, 11) is 0. The normalized spacial score (nSPS) is 17.6. The minimum atomic E-state index is -4.58. The minimum absolute atomic E-state index is 0.0198. The smallest absolute Gasteiger partial charge is 0.396 e. The van der Waals surface area contributed by atoms with Gasteiger partial charge < -0.3 is 10.0 Å². The van der Waals surface area contributed by atoms with Crippen molar-refractivity contribution in [2.45, 2.75) is 19.0 Å². The second-order valence-electron chi connectivity index (χ2n) is 5.37. The third-order valence-electron chi connectivity index (χ3n) is 3.84. The standard InChI is InChI=1S/C16H18F3NO2/c17-16(18,19)14(13-4-2-1-3-5-13)10-15(22)20-8-6-12(11-21)7-9-20/h1-5,10,12,21H,6-9,11H2/b14-10-. The summed E-state index contributed by atoms with van der Waals surface area (Å²) in [5.41, 5.74) is -0.948. The average molecular weight is 313 g/mol. The molecule has 1 N–H and O–H groups in total. The molecule has 1 saturated heterocycles. The largest absolute Gasteiger partial charge is 0.417 e. The van der Waals surface area contributed by atoms with Gasteiger partial charge in [0.05, 0.1) is 5.57 Å². The van der Waals surface area contributed by atoms with Crippen LogP contribution < -0.4 is 0 Å². The van der Waals surface area contributed by atoms with E-state index < -0.39 is 17.7 Å². The second-order valence-corrected chi connectivity index (χ2v) is 5.37. The first-order valence-electron chi connectivity index (χ1n) is 7.16. The van der Waals surface area contributed by atoms with Crippen LogP contribution in [-0.2, 0) is 4.79 Å². The molecular formula is C16H18F3NO2. The topological polar surface area (TPSA) is 40.5 Å². The van der Waals surface area contributed by atoms with Crippen LogP contribution in [0.15, 0.2) is 36.4 Å². The van der Waals surface area contributed by atoms with Gasteiger partial charge >= 0.3 is 6.18 Å². The molecule has 1 aliphatic rings. The fourth-order valence-electron chi connectivity index (χ4n) is 2.50. The van der Waals surface area contributed by atoms with E-state index in [4.69, 9.17) is 5.11 Å². The number of aliphatic hydroxyl groups is 1. The van der Waals surface area contributed by atoms with Gasteiger partial charge in [-0.3, -0.25) is 4.79 Å². The highest BCUT2D eigenvalue weighted by atomic mass is 19.4. The molecule has 0 bridgehead atoms. The first kappa shape index (κ1) is 16.5. The number of halogens is 3. The van der Waals surface area contributed by atoms with Crippen molar-refractivity contribution in [3.05, 3.63) is 42.0 Å². The Morgan fingerprint density at radius 3 is 2.32 bits per heavy atom. The predicted octanol–water partition coefficient (Wildman–Crippen LogP) is 2.86. The molecule has 0 unspecified atom stereocenters. The minimum Gasteiger partial charge on any atom is -0.396 e. The van der Waals surface area contributed by atoms with Gasteiger partial charge in [0.1, 0.15) is 0 Å². The first-order chi connectivity index (χ1) is 10.4. The summed E-state index contributed by atoms with van der Waals surface area (Å²) in [5.74, 6) is -0.503. The van der Waals surface area contributed by atoms with Crippen molar-refractivity contribution >= 4 is 11.5 Å². The summed E-state index contributed by atoms with van der Waals surface area (Å²) in [6, 6.07) is 7.31. The Balaban J connectivity index is 2.18. The van der Waals surface area contributed by atoms with Crippen molar-refractivity contribution in [2.24, 2.45) is 5.92 Å². The van der Waals surface area contributed by atoms with Crippen molar-refractivity contribution in [1.29, 1.82) is 0 Å². The third-order valence-corrected chi connectivity index (χ3v) is 3.84. The van der Waals surface area contributed by atoms with Crippen molar-refractivity contribution in [2.75, 3.05) is 19.7 Å². The maximum atomic E-state index is 13.2. The maximum Gasteiger partial charge on any atom is 0.417 e.